The number of carbonyl (C=O) groups excluding carboxylic acids is 1. The third-order valence-electron chi connectivity index (χ3n) is 2.29. The van der Waals surface area contributed by atoms with E-state index < -0.39 is 12.1 Å². The van der Waals surface area contributed by atoms with Gasteiger partial charge in [0.1, 0.15) is 12.2 Å². The Labute approximate surface area is 85.9 Å². The first-order chi connectivity index (χ1) is 6.95. The summed E-state index contributed by atoms with van der Waals surface area (Å²) in [4.78, 5) is 10.3. The van der Waals surface area contributed by atoms with Crippen LogP contribution in [0.5, 0.6) is 0 Å². The molecular weight excluding hydrogens is 205 g/mol. The van der Waals surface area contributed by atoms with E-state index in [4.69, 9.17) is 0 Å². The first-order valence-corrected chi connectivity index (χ1v) is 4.51. The molecule has 1 rings (SSSR count). The zero-order valence-electron chi connectivity index (χ0n) is 8.21. The Morgan fingerprint density at radius 2 is 1.93 bits per heavy atom. The lowest BCUT2D eigenvalue weighted by Crippen LogP contribution is -2.26. The van der Waals surface area contributed by atoms with Gasteiger partial charge in [-0.05, 0) is 24.5 Å². The quantitative estimate of drug-likeness (QED) is 0.710. The van der Waals surface area contributed by atoms with Crippen molar-refractivity contribution in [3.8, 4) is 0 Å². The van der Waals surface area contributed by atoms with E-state index in [2.05, 4.69) is 0 Å². The van der Waals surface area contributed by atoms with Crippen LogP contribution in [0.15, 0.2) is 24.3 Å². The van der Waals surface area contributed by atoms with Crippen molar-refractivity contribution in [3.63, 3.8) is 0 Å². The molecule has 0 aliphatic rings. The second kappa shape index (κ2) is 4.47. The molecule has 0 saturated heterocycles. The molecule has 0 spiro atoms. The van der Waals surface area contributed by atoms with Gasteiger partial charge in [0.2, 0.25) is 0 Å². The first-order valence-electron chi connectivity index (χ1n) is 4.51. The van der Waals surface area contributed by atoms with Gasteiger partial charge in [-0.2, -0.15) is 13.2 Å². The number of benzene rings is 1. The fourth-order valence-corrected chi connectivity index (χ4v) is 1.32. The van der Waals surface area contributed by atoms with Crippen LogP contribution < -0.4 is 0 Å². The summed E-state index contributed by atoms with van der Waals surface area (Å²) in [6.07, 6.45) is -4.77. The van der Waals surface area contributed by atoms with Gasteiger partial charge >= 0.3 is 6.18 Å². The number of hydrogen-bond donors (Lipinski definition) is 0. The predicted octanol–water partition coefficient (Wildman–Crippen LogP) is 2.91. The standard InChI is InChI=1S/C11H11F3O/c1-8-4-2-3-5-9(8)6-10(7-15)11(12,13)14/h2-5,7,10H,6H2,1H3. The molecule has 0 fully saturated rings. The second-order valence-electron chi connectivity index (χ2n) is 3.41. The first kappa shape index (κ1) is 11.8. The minimum atomic E-state index is -4.45. The molecule has 82 valence electrons. The van der Waals surface area contributed by atoms with Gasteiger partial charge in [0.05, 0.1) is 0 Å². The average Bonchev–Trinajstić information content (AvgIpc) is 2.14. The van der Waals surface area contributed by atoms with E-state index in [1.807, 2.05) is 0 Å². The lowest BCUT2D eigenvalue weighted by atomic mass is 9.97. The summed E-state index contributed by atoms with van der Waals surface area (Å²) in [6, 6.07) is 6.76. The molecule has 1 nitrogen and oxygen atoms in total. The van der Waals surface area contributed by atoms with E-state index in [1.54, 1.807) is 31.2 Å². The zero-order chi connectivity index (χ0) is 11.5. The van der Waals surface area contributed by atoms with Gasteiger partial charge in [0, 0.05) is 0 Å². The van der Waals surface area contributed by atoms with Crippen LogP contribution in [-0.2, 0) is 11.2 Å². The lowest BCUT2D eigenvalue weighted by Gasteiger charge is -2.15. The number of aryl methyl sites for hydroxylation is 1. The van der Waals surface area contributed by atoms with Crippen LogP contribution in [0, 0.1) is 12.8 Å². The SMILES string of the molecule is Cc1ccccc1CC(C=O)C(F)(F)F. The summed E-state index contributed by atoms with van der Waals surface area (Å²) in [5.74, 6) is -1.90. The number of halogens is 3. The molecule has 0 amide bonds. The van der Waals surface area contributed by atoms with E-state index in [-0.39, 0.29) is 12.7 Å². The van der Waals surface area contributed by atoms with Crippen molar-refractivity contribution in [2.24, 2.45) is 5.92 Å². The van der Waals surface area contributed by atoms with Crippen molar-refractivity contribution in [2.75, 3.05) is 0 Å². The summed E-state index contributed by atoms with van der Waals surface area (Å²) >= 11 is 0. The summed E-state index contributed by atoms with van der Waals surface area (Å²) in [5.41, 5.74) is 1.33. The maximum absolute atomic E-state index is 12.3. The van der Waals surface area contributed by atoms with Gasteiger partial charge in [-0.1, -0.05) is 24.3 Å². The van der Waals surface area contributed by atoms with Crippen molar-refractivity contribution >= 4 is 6.29 Å². The maximum atomic E-state index is 12.3. The molecule has 0 aliphatic heterocycles. The Balaban J connectivity index is 2.85. The normalized spacial score (nSPS) is 13.6. The van der Waals surface area contributed by atoms with Crippen molar-refractivity contribution in [3.05, 3.63) is 35.4 Å². The predicted molar refractivity (Wildman–Crippen MR) is 50.5 cm³/mol. The molecule has 0 aliphatic carbocycles. The molecule has 0 radical (unpaired) electrons. The van der Waals surface area contributed by atoms with Crippen molar-refractivity contribution in [2.45, 2.75) is 19.5 Å². The van der Waals surface area contributed by atoms with Gasteiger partial charge in [-0.15, -0.1) is 0 Å². The minimum absolute atomic E-state index is 0.0353. The second-order valence-corrected chi connectivity index (χ2v) is 3.41. The van der Waals surface area contributed by atoms with Crippen LogP contribution in [-0.4, -0.2) is 12.5 Å². The highest BCUT2D eigenvalue weighted by molar-refractivity contribution is 5.55. The molecular formula is C11H11F3O. The van der Waals surface area contributed by atoms with Gasteiger partial charge in [0.15, 0.2) is 0 Å². The Morgan fingerprint density at radius 3 is 2.40 bits per heavy atom. The molecule has 0 N–H and O–H groups in total. The third-order valence-corrected chi connectivity index (χ3v) is 2.29. The van der Waals surface area contributed by atoms with E-state index in [9.17, 15) is 18.0 Å². The number of aldehydes is 1. The third kappa shape index (κ3) is 3.08. The van der Waals surface area contributed by atoms with Gasteiger partial charge in [-0.25, -0.2) is 0 Å². The van der Waals surface area contributed by atoms with Crippen LogP contribution in [0.1, 0.15) is 11.1 Å². The topological polar surface area (TPSA) is 17.1 Å². The van der Waals surface area contributed by atoms with E-state index in [0.29, 0.717) is 5.56 Å². The minimum Gasteiger partial charge on any atom is -0.303 e. The fourth-order valence-electron chi connectivity index (χ4n) is 1.32. The van der Waals surface area contributed by atoms with Crippen molar-refractivity contribution in [1.82, 2.24) is 0 Å². The summed E-state index contributed by atoms with van der Waals surface area (Å²) < 4.78 is 36.9. The van der Waals surface area contributed by atoms with Crippen molar-refractivity contribution in [1.29, 1.82) is 0 Å². The molecule has 15 heavy (non-hydrogen) atoms. The Morgan fingerprint density at radius 1 is 1.33 bits per heavy atom. The summed E-state index contributed by atoms with van der Waals surface area (Å²) in [5, 5.41) is 0. The molecule has 0 aromatic heterocycles. The molecule has 1 unspecified atom stereocenters. The molecule has 1 atom stereocenters. The van der Waals surface area contributed by atoms with E-state index >= 15 is 0 Å². The van der Waals surface area contributed by atoms with E-state index in [1.165, 1.54) is 0 Å². The Kier molecular flexibility index (Phi) is 3.50. The fraction of sp³-hybridized carbons (Fsp3) is 0.364. The van der Waals surface area contributed by atoms with Crippen LogP contribution in [0.2, 0.25) is 0 Å². The van der Waals surface area contributed by atoms with Crippen LogP contribution in [0.25, 0.3) is 0 Å². The van der Waals surface area contributed by atoms with Gasteiger partial charge in [-0.3, -0.25) is 0 Å². The van der Waals surface area contributed by atoms with Crippen LogP contribution >= 0.6 is 0 Å². The zero-order valence-corrected chi connectivity index (χ0v) is 8.21. The highest BCUT2D eigenvalue weighted by atomic mass is 19.4. The Hall–Kier alpha value is -1.32. The lowest BCUT2D eigenvalue weighted by molar-refractivity contribution is -0.174. The highest BCUT2D eigenvalue weighted by Crippen LogP contribution is 2.28. The molecule has 0 saturated carbocycles. The van der Waals surface area contributed by atoms with Crippen molar-refractivity contribution < 1.29 is 18.0 Å². The molecule has 1 aromatic carbocycles. The van der Waals surface area contributed by atoms with E-state index in [0.717, 1.165) is 5.56 Å². The van der Waals surface area contributed by atoms with Gasteiger partial charge < -0.3 is 4.79 Å². The monoisotopic (exact) mass is 216 g/mol. The molecule has 0 heterocycles. The van der Waals surface area contributed by atoms with Crippen LogP contribution in [0.3, 0.4) is 0 Å². The largest absolute Gasteiger partial charge is 0.398 e. The van der Waals surface area contributed by atoms with Gasteiger partial charge in [0.25, 0.3) is 0 Å². The van der Waals surface area contributed by atoms with Crippen LogP contribution in [0.4, 0.5) is 13.2 Å². The number of rotatable bonds is 3. The molecule has 0 bridgehead atoms. The highest BCUT2D eigenvalue weighted by Gasteiger charge is 2.39. The molecule has 1 aromatic rings. The maximum Gasteiger partial charge on any atom is 0.398 e. The average molecular weight is 216 g/mol. The smallest absolute Gasteiger partial charge is 0.303 e. The summed E-state index contributed by atoms with van der Waals surface area (Å²) in [7, 11) is 0. The number of carbonyl (C=O) groups is 1. The number of hydrogen-bond acceptors (Lipinski definition) is 1. The molecule has 4 heteroatoms. The number of alkyl halides is 3. The Bertz CT molecular complexity index is 344. The summed E-state index contributed by atoms with van der Waals surface area (Å²) in [6.45, 7) is 1.73.